The number of nitrogens with zero attached hydrogens (tertiary/aromatic N) is 3. The van der Waals surface area contributed by atoms with Gasteiger partial charge >= 0.3 is 0 Å². The van der Waals surface area contributed by atoms with Gasteiger partial charge in [-0.15, -0.1) is 21.5 Å². The molecule has 0 fully saturated rings. The van der Waals surface area contributed by atoms with E-state index < -0.39 is 5.92 Å². The lowest BCUT2D eigenvalue weighted by molar-refractivity contribution is -0.120. The van der Waals surface area contributed by atoms with Crippen LogP contribution in [-0.4, -0.2) is 40.5 Å². The fourth-order valence-electron chi connectivity index (χ4n) is 4.18. The molecule has 0 spiro atoms. The van der Waals surface area contributed by atoms with Crippen LogP contribution >= 0.6 is 22.7 Å². The van der Waals surface area contributed by atoms with Crippen molar-refractivity contribution in [2.24, 2.45) is 11.8 Å². The molecular formula is C26H27FN4O2S2. The van der Waals surface area contributed by atoms with Gasteiger partial charge in [-0.1, -0.05) is 42.5 Å². The molecule has 0 aliphatic heterocycles. The average molecular weight is 511 g/mol. The predicted octanol–water partition coefficient (Wildman–Crippen LogP) is 6.15. The van der Waals surface area contributed by atoms with E-state index in [9.17, 15) is 14.0 Å². The standard InChI is InChI=1S/C26H27FN4O2S2/c1-4-31(3)25(33)18-10-8-17(9-11-18)21-12-13-22(35-21)23(19-6-5-7-20(27)14-19)16(2)24(32)29-26-30-28-15-34-26/h5-13,15-16,19,23H,4,14H2,1-3H3,(H,29,30,32)/t16-,19?,23-/m1/s1. The molecule has 3 aromatic rings. The first-order valence-corrected chi connectivity index (χ1v) is 13.1. The third kappa shape index (κ3) is 5.74. The Morgan fingerprint density at radius 3 is 2.66 bits per heavy atom. The van der Waals surface area contributed by atoms with Gasteiger partial charge in [0, 0.05) is 47.2 Å². The Labute approximate surface area is 212 Å². The molecule has 0 saturated carbocycles. The zero-order valence-corrected chi connectivity index (χ0v) is 21.4. The molecule has 4 rings (SSSR count). The lowest BCUT2D eigenvalue weighted by Gasteiger charge is -2.29. The van der Waals surface area contributed by atoms with Crippen molar-refractivity contribution in [3.63, 3.8) is 0 Å². The van der Waals surface area contributed by atoms with Crippen molar-refractivity contribution in [1.29, 1.82) is 0 Å². The molecule has 1 unspecified atom stereocenters. The van der Waals surface area contributed by atoms with Crippen LogP contribution in [-0.2, 0) is 4.79 Å². The fourth-order valence-corrected chi connectivity index (χ4v) is 5.92. The Kier molecular flexibility index (Phi) is 7.87. The third-order valence-corrected chi connectivity index (χ3v) is 8.10. The van der Waals surface area contributed by atoms with Crippen LogP contribution in [0, 0.1) is 11.8 Å². The van der Waals surface area contributed by atoms with Crippen LogP contribution in [0.5, 0.6) is 0 Å². The van der Waals surface area contributed by atoms with Crippen LogP contribution in [0.1, 0.15) is 41.4 Å². The summed E-state index contributed by atoms with van der Waals surface area (Å²) in [5.74, 6) is -1.15. The molecule has 6 nitrogen and oxygen atoms in total. The second-order valence-corrected chi connectivity index (χ2v) is 10.5. The van der Waals surface area contributed by atoms with Crippen molar-refractivity contribution < 1.29 is 14.0 Å². The smallest absolute Gasteiger partial charge is 0.253 e. The van der Waals surface area contributed by atoms with Gasteiger partial charge in [0.2, 0.25) is 11.0 Å². The normalized spacial score (nSPS) is 16.9. The molecular weight excluding hydrogens is 483 g/mol. The van der Waals surface area contributed by atoms with Crippen molar-refractivity contribution in [3.05, 3.63) is 76.4 Å². The number of benzene rings is 1. The number of nitrogens with one attached hydrogen (secondary N) is 1. The summed E-state index contributed by atoms with van der Waals surface area (Å²) in [6, 6.07) is 11.6. The zero-order chi connectivity index (χ0) is 24.9. The molecule has 1 aliphatic carbocycles. The summed E-state index contributed by atoms with van der Waals surface area (Å²) < 4.78 is 14.2. The van der Waals surface area contributed by atoms with Crippen molar-refractivity contribution in [2.75, 3.05) is 18.9 Å². The molecule has 0 bridgehead atoms. The Balaban J connectivity index is 1.59. The molecule has 182 valence electrons. The number of allylic oxidation sites excluding steroid dienone is 4. The van der Waals surface area contributed by atoms with Crippen molar-refractivity contribution in [3.8, 4) is 10.4 Å². The van der Waals surface area contributed by atoms with Crippen LogP contribution in [0.3, 0.4) is 0 Å². The van der Waals surface area contributed by atoms with Gasteiger partial charge in [0.05, 0.1) is 0 Å². The van der Waals surface area contributed by atoms with Gasteiger partial charge in [-0.2, -0.15) is 0 Å². The SMILES string of the molecule is CCN(C)C(=O)c1ccc(-c2ccc([C@@H](C3C=CC=C(F)C3)[C@@H](C)C(=O)Nc3nncs3)s2)cc1. The maximum absolute atomic E-state index is 14.2. The Morgan fingerprint density at radius 2 is 2.00 bits per heavy atom. The maximum Gasteiger partial charge on any atom is 0.253 e. The second-order valence-electron chi connectivity index (χ2n) is 8.51. The number of anilines is 1. The predicted molar refractivity (Wildman–Crippen MR) is 139 cm³/mol. The van der Waals surface area contributed by atoms with E-state index in [1.54, 1.807) is 34.9 Å². The number of rotatable bonds is 8. The Bertz CT molecular complexity index is 1230. The number of carbonyl (C=O) groups is 2. The molecule has 9 heteroatoms. The lowest BCUT2D eigenvalue weighted by Crippen LogP contribution is -2.29. The first-order valence-electron chi connectivity index (χ1n) is 11.4. The van der Waals surface area contributed by atoms with Gasteiger partial charge in [0.15, 0.2) is 0 Å². The summed E-state index contributed by atoms with van der Waals surface area (Å²) in [5.41, 5.74) is 3.20. The highest BCUT2D eigenvalue weighted by atomic mass is 32.1. The van der Waals surface area contributed by atoms with E-state index in [1.165, 1.54) is 17.4 Å². The van der Waals surface area contributed by atoms with Gasteiger partial charge in [-0.25, -0.2) is 4.39 Å². The molecule has 35 heavy (non-hydrogen) atoms. The van der Waals surface area contributed by atoms with Gasteiger partial charge < -0.3 is 10.2 Å². The third-order valence-electron chi connectivity index (χ3n) is 6.26. The summed E-state index contributed by atoms with van der Waals surface area (Å²) in [6.07, 6.45) is 5.43. The number of carbonyl (C=O) groups excluding carboxylic acids is 2. The van der Waals surface area contributed by atoms with Crippen LogP contribution in [0.2, 0.25) is 0 Å². The van der Waals surface area contributed by atoms with Gasteiger partial charge in [-0.3, -0.25) is 9.59 Å². The number of aromatic nitrogens is 2. The highest BCUT2D eigenvalue weighted by Gasteiger charge is 2.34. The molecule has 0 radical (unpaired) electrons. The first-order chi connectivity index (χ1) is 16.9. The minimum absolute atomic E-state index is 0.0135. The fraction of sp³-hybridized carbons (Fsp3) is 0.308. The number of hydrogen-bond donors (Lipinski definition) is 1. The van der Waals surface area contributed by atoms with E-state index in [0.29, 0.717) is 17.2 Å². The lowest BCUT2D eigenvalue weighted by atomic mass is 9.77. The summed E-state index contributed by atoms with van der Waals surface area (Å²) in [7, 11) is 1.78. The Morgan fingerprint density at radius 1 is 1.23 bits per heavy atom. The second kappa shape index (κ2) is 11.0. The zero-order valence-electron chi connectivity index (χ0n) is 19.8. The van der Waals surface area contributed by atoms with Crippen LogP contribution in [0.15, 0.2) is 66.0 Å². The number of amides is 2. The topological polar surface area (TPSA) is 75.2 Å². The van der Waals surface area contributed by atoms with E-state index in [4.69, 9.17) is 0 Å². The minimum atomic E-state index is -0.421. The van der Waals surface area contributed by atoms with Gasteiger partial charge in [0.25, 0.3) is 5.91 Å². The summed E-state index contributed by atoms with van der Waals surface area (Å²) >= 11 is 2.85. The first kappa shape index (κ1) is 24.9. The molecule has 0 saturated heterocycles. The van der Waals surface area contributed by atoms with E-state index >= 15 is 0 Å². The summed E-state index contributed by atoms with van der Waals surface area (Å²) in [4.78, 5) is 29.2. The van der Waals surface area contributed by atoms with E-state index in [-0.39, 0.29) is 35.9 Å². The molecule has 2 amide bonds. The van der Waals surface area contributed by atoms with Gasteiger partial charge in [-0.05, 0) is 48.7 Å². The van der Waals surface area contributed by atoms with E-state index in [2.05, 4.69) is 15.5 Å². The van der Waals surface area contributed by atoms with Crippen LogP contribution in [0.4, 0.5) is 9.52 Å². The monoisotopic (exact) mass is 510 g/mol. The molecule has 1 aromatic carbocycles. The molecule has 1 aliphatic rings. The van der Waals surface area contributed by atoms with E-state index in [0.717, 1.165) is 15.3 Å². The summed E-state index contributed by atoms with van der Waals surface area (Å²) in [6.45, 7) is 4.45. The highest BCUT2D eigenvalue weighted by Crippen LogP contribution is 2.43. The Hall–Kier alpha value is -3.17. The van der Waals surface area contributed by atoms with Crippen molar-refractivity contribution >= 4 is 39.6 Å². The van der Waals surface area contributed by atoms with Gasteiger partial charge in [0.1, 0.15) is 11.3 Å². The molecule has 3 atom stereocenters. The quantitative estimate of drug-likeness (QED) is 0.395. The summed E-state index contributed by atoms with van der Waals surface area (Å²) in [5, 5.41) is 11.0. The number of halogens is 1. The van der Waals surface area contributed by atoms with Crippen molar-refractivity contribution in [1.82, 2.24) is 15.1 Å². The molecule has 1 N–H and O–H groups in total. The van der Waals surface area contributed by atoms with E-state index in [1.807, 2.05) is 56.3 Å². The van der Waals surface area contributed by atoms with Crippen LogP contribution < -0.4 is 5.32 Å². The number of hydrogen-bond acceptors (Lipinski definition) is 6. The molecule has 2 heterocycles. The van der Waals surface area contributed by atoms with Crippen molar-refractivity contribution in [2.45, 2.75) is 26.2 Å². The maximum atomic E-state index is 14.2. The molecule has 2 aromatic heterocycles. The average Bonchev–Trinajstić information content (AvgIpc) is 3.56. The van der Waals surface area contributed by atoms with Crippen LogP contribution in [0.25, 0.3) is 10.4 Å². The minimum Gasteiger partial charge on any atom is -0.342 e. The number of thiophene rings is 1. The largest absolute Gasteiger partial charge is 0.342 e. The highest BCUT2D eigenvalue weighted by molar-refractivity contribution is 7.15.